The minimum absolute atomic E-state index is 0.802. The van der Waals surface area contributed by atoms with Gasteiger partial charge in [-0.2, -0.15) is 0 Å². The number of nitrogen functional groups attached to an aromatic ring is 1. The summed E-state index contributed by atoms with van der Waals surface area (Å²) in [4.78, 5) is 6.86. The highest BCUT2D eigenvalue weighted by molar-refractivity contribution is 5.60. The van der Waals surface area contributed by atoms with Crippen molar-refractivity contribution in [2.24, 2.45) is 0 Å². The average molecular weight is 255 g/mol. The van der Waals surface area contributed by atoms with Crippen molar-refractivity contribution in [2.45, 2.75) is 27.3 Å². The van der Waals surface area contributed by atoms with Crippen LogP contribution in [-0.2, 0) is 6.54 Å². The predicted molar refractivity (Wildman–Crippen MR) is 81.3 cm³/mol. The zero-order valence-corrected chi connectivity index (χ0v) is 11.9. The van der Waals surface area contributed by atoms with Crippen molar-refractivity contribution in [1.82, 2.24) is 4.98 Å². The fourth-order valence-electron chi connectivity index (χ4n) is 2.22. The fraction of sp³-hybridized carbons (Fsp3) is 0.312. The summed E-state index contributed by atoms with van der Waals surface area (Å²) in [7, 11) is 0. The summed E-state index contributed by atoms with van der Waals surface area (Å²) < 4.78 is 0. The van der Waals surface area contributed by atoms with Crippen LogP contribution in [0.5, 0.6) is 0 Å². The van der Waals surface area contributed by atoms with Crippen molar-refractivity contribution >= 4 is 11.4 Å². The lowest BCUT2D eigenvalue weighted by atomic mass is 10.1. The molecular weight excluding hydrogens is 234 g/mol. The van der Waals surface area contributed by atoms with Crippen molar-refractivity contribution in [3.05, 3.63) is 53.3 Å². The molecule has 0 atom stereocenters. The van der Waals surface area contributed by atoms with Crippen LogP contribution < -0.4 is 10.6 Å². The second-order valence-electron chi connectivity index (χ2n) is 4.83. The smallest absolute Gasteiger partial charge is 0.0602 e. The molecule has 2 N–H and O–H groups in total. The molecule has 0 saturated carbocycles. The molecule has 1 aromatic carbocycles. The summed E-state index contributed by atoms with van der Waals surface area (Å²) >= 11 is 0. The van der Waals surface area contributed by atoms with E-state index in [4.69, 9.17) is 5.73 Å². The Kier molecular flexibility index (Phi) is 4.05. The molecule has 0 amide bonds. The Morgan fingerprint density at radius 3 is 2.63 bits per heavy atom. The zero-order valence-electron chi connectivity index (χ0n) is 11.9. The van der Waals surface area contributed by atoms with Gasteiger partial charge in [0.1, 0.15) is 0 Å². The van der Waals surface area contributed by atoms with Gasteiger partial charge in [0, 0.05) is 23.6 Å². The number of nitrogens with two attached hydrogens (primary N) is 1. The molecule has 0 fully saturated rings. The van der Waals surface area contributed by atoms with Crippen molar-refractivity contribution in [2.75, 3.05) is 17.2 Å². The van der Waals surface area contributed by atoms with Gasteiger partial charge in [0.05, 0.1) is 12.2 Å². The lowest BCUT2D eigenvalue weighted by Crippen LogP contribution is -2.23. The van der Waals surface area contributed by atoms with Crippen LogP contribution in [0.15, 0.2) is 36.4 Å². The van der Waals surface area contributed by atoms with Gasteiger partial charge < -0.3 is 10.6 Å². The van der Waals surface area contributed by atoms with Crippen LogP contribution in [0.3, 0.4) is 0 Å². The molecule has 0 bridgehead atoms. The SMILES string of the molecule is CCN(Cc1cccc(C)n1)c1cc(N)ccc1C. The van der Waals surface area contributed by atoms with Gasteiger partial charge in [0.15, 0.2) is 0 Å². The third-order valence-corrected chi connectivity index (χ3v) is 3.25. The number of nitrogens with zero attached hydrogens (tertiary/aromatic N) is 2. The molecule has 0 unspecified atom stereocenters. The molecule has 2 rings (SSSR count). The Bertz CT molecular complexity index is 564. The first-order chi connectivity index (χ1) is 9.10. The van der Waals surface area contributed by atoms with Crippen molar-refractivity contribution in [3.63, 3.8) is 0 Å². The van der Waals surface area contributed by atoms with E-state index in [1.54, 1.807) is 0 Å². The van der Waals surface area contributed by atoms with Crippen LogP contribution in [-0.4, -0.2) is 11.5 Å². The number of hydrogen-bond donors (Lipinski definition) is 1. The van der Waals surface area contributed by atoms with Crippen LogP contribution in [0, 0.1) is 13.8 Å². The van der Waals surface area contributed by atoms with E-state index >= 15 is 0 Å². The van der Waals surface area contributed by atoms with E-state index in [0.717, 1.165) is 30.2 Å². The molecule has 1 heterocycles. The molecular formula is C16H21N3. The molecule has 3 nitrogen and oxygen atoms in total. The lowest BCUT2D eigenvalue weighted by molar-refractivity contribution is 0.803. The Morgan fingerprint density at radius 1 is 1.16 bits per heavy atom. The number of aryl methyl sites for hydroxylation is 2. The topological polar surface area (TPSA) is 42.2 Å². The summed E-state index contributed by atoms with van der Waals surface area (Å²) in [5.74, 6) is 0. The molecule has 100 valence electrons. The van der Waals surface area contributed by atoms with Crippen LogP contribution in [0.25, 0.3) is 0 Å². The van der Waals surface area contributed by atoms with E-state index in [-0.39, 0.29) is 0 Å². The molecule has 2 aromatic rings. The highest BCUT2D eigenvalue weighted by Gasteiger charge is 2.09. The summed E-state index contributed by atoms with van der Waals surface area (Å²) in [6.45, 7) is 8.02. The third-order valence-electron chi connectivity index (χ3n) is 3.25. The van der Waals surface area contributed by atoms with Crippen molar-refractivity contribution in [1.29, 1.82) is 0 Å². The number of benzene rings is 1. The summed E-state index contributed by atoms with van der Waals surface area (Å²) in [5, 5.41) is 0. The third kappa shape index (κ3) is 3.25. The van der Waals surface area contributed by atoms with Crippen molar-refractivity contribution in [3.8, 4) is 0 Å². The monoisotopic (exact) mass is 255 g/mol. The Hall–Kier alpha value is -2.03. The predicted octanol–water partition coefficient (Wildman–Crippen LogP) is 3.31. The van der Waals surface area contributed by atoms with Gasteiger partial charge >= 0.3 is 0 Å². The lowest BCUT2D eigenvalue weighted by Gasteiger charge is -2.25. The molecule has 0 aliphatic heterocycles. The van der Waals surface area contributed by atoms with E-state index in [2.05, 4.69) is 41.9 Å². The minimum atomic E-state index is 0.802. The van der Waals surface area contributed by atoms with Gasteiger partial charge in [-0.15, -0.1) is 0 Å². The number of aromatic nitrogens is 1. The number of rotatable bonds is 4. The Labute approximate surface area is 115 Å². The summed E-state index contributed by atoms with van der Waals surface area (Å²) in [6, 6.07) is 12.2. The first-order valence-electron chi connectivity index (χ1n) is 6.63. The van der Waals surface area contributed by atoms with Gasteiger partial charge in [-0.25, -0.2) is 0 Å². The summed E-state index contributed by atoms with van der Waals surface area (Å²) in [6.07, 6.45) is 0. The number of hydrogen-bond acceptors (Lipinski definition) is 3. The molecule has 3 heteroatoms. The Balaban J connectivity index is 2.27. The largest absolute Gasteiger partial charge is 0.399 e. The molecule has 0 spiro atoms. The maximum Gasteiger partial charge on any atom is 0.0602 e. The van der Waals surface area contributed by atoms with Gasteiger partial charge in [0.25, 0.3) is 0 Å². The fourth-order valence-corrected chi connectivity index (χ4v) is 2.22. The van der Waals surface area contributed by atoms with E-state index in [9.17, 15) is 0 Å². The zero-order chi connectivity index (χ0) is 13.8. The van der Waals surface area contributed by atoms with Crippen LogP contribution >= 0.6 is 0 Å². The maximum atomic E-state index is 5.90. The molecule has 0 radical (unpaired) electrons. The average Bonchev–Trinajstić information content (AvgIpc) is 2.39. The first kappa shape index (κ1) is 13.4. The van der Waals surface area contributed by atoms with E-state index in [1.807, 2.05) is 25.1 Å². The maximum absolute atomic E-state index is 5.90. The number of anilines is 2. The first-order valence-corrected chi connectivity index (χ1v) is 6.63. The summed E-state index contributed by atoms with van der Waals surface area (Å²) in [5.41, 5.74) is 11.3. The van der Waals surface area contributed by atoms with Crippen LogP contribution in [0.2, 0.25) is 0 Å². The van der Waals surface area contributed by atoms with Gasteiger partial charge in [0.2, 0.25) is 0 Å². The van der Waals surface area contributed by atoms with E-state index in [0.29, 0.717) is 0 Å². The van der Waals surface area contributed by atoms with Crippen LogP contribution in [0.1, 0.15) is 23.9 Å². The molecule has 0 aliphatic carbocycles. The molecule has 1 aromatic heterocycles. The Morgan fingerprint density at radius 2 is 1.95 bits per heavy atom. The van der Waals surface area contributed by atoms with E-state index < -0.39 is 0 Å². The highest BCUT2D eigenvalue weighted by Crippen LogP contribution is 2.24. The second kappa shape index (κ2) is 5.74. The van der Waals surface area contributed by atoms with E-state index in [1.165, 1.54) is 11.3 Å². The van der Waals surface area contributed by atoms with Gasteiger partial charge in [-0.3, -0.25) is 4.98 Å². The quantitative estimate of drug-likeness (QED) is 0.852. The molecule has 0 saturated heterocycles. The van der Waals surface area contributed by atoms with Crippen molar-refractivity contribution < 1.29 is 0 Å². The molecule has 19 heavy (non-hydrogen) atoms. The minimum Gasteiger partial charge on any atom is -0.399 e. The van der Waals surface area contributed by atoms with Gasteiger partial charge in [-0.05, 0) is 50.6 Å². The highest BCUT2D eigenvalue weighted by atomic mass is 15.1. The van der Waals surface area contributed by atoms with Crippen LogP contribution in [0.4, 0.5) is 11.4 Å². The number of pyridine rings is 1. The second-order valence-corrected chi connectivity index (χ2v) is 4.83. The normalized spacial score (nSPS) is 10.5. The van der Waals surface area contributed by atoms with Gasteiger partial charge in [-0.1, -0.05) is 12.1 Å². The molecule has 0 aliphatic rings. The standard InChI is InChI=1S/C16H21N3/c1-4-19(11-15-7-5-6-13(3)18-15)16-10-14(17)9-8-12(16)2/h5-10H,4,11,17H2,1-3H3.